The lowest BCUT2D eigenvalue weighted by atomic mass is 9.98. The molecule has 0 bridgehead atoms. The summed E-state index contributed by atoms with van der Waals surface area (Å²) < 4.78 is 33.8. The average molecular weight is 1220 g/mol. The lowest BCUT2D eigenvalue weighted by molar-refractivity contribution is -0.162. The molecule has 0 saturated heterocycles. The molecule has 0 radical (unpaired) electrons. The number of carboxylic acids is 1. The Morgan fingerprint density at radius 3 is 1.34 bits per heavy atom. The minimum absolute atomic E-state index is 0.0116. The number of carboxylic acid groups (broad SMARTS) is 1. The van der Waals surface area contributed by atoms with E-state index in [0.29, 0.717) is 28.2 Å². The standard InChI is InChI=1S/C67H88N6O15/c1-63(2,3)84-56(75)38-71(32-33-72(39-57(76)85-64(4,5)6)40-58(77)86-65(7,8)9)36-47-34-45(35-48(68-47)37-73(41-59(78)87-66(10,11)12)42-60(79)88-67(13,14)15)25-24-44-26-28-46(29-27-44)69-55(74)31-30-54(61(80)81)70-62(82)83-43-53-51-22-18-16-20-49(51)50-21-17-19-23-52(50)53/h16-23,26-29,34-35,53-54H,30-33,36-43H2,1-15H3,(H,69,74)(H,70,82)(H,80,81). The number of benzene rings is 3. The fraction of sp³-hybridized carbons (Fsp3) is 0.507. The van der Waals surface area contributed by atoms with Gasteiger partial charge in [-0.3, -0.25) is 48.5 Å². The summed E-state index contributed by atoms with van der Waals surface area (Å²) >= 11 is 0. The Balaban J connectivity index is 1.38. The summed E-state index contributed by atoms with van der Waals surface area (Å²) in [5.41, 5.74) is 2.21. The molecule has 1 aliphatic rings. The molecule has 476 valence electrons. The Morgan fingerprint density at radius 1 is 0.523 bits per heavy atom. The van der Waals surface area contributed by atoms with Crippen LogP contribution in [0.3, 0.4) is 0 Å². The van der Waals surface area contributed by atoms with Crippen molar-refractivity contribution in [2.75, 3.05) is 57.7 Å². The van der Waals surface area contributed by atoms with Gasteiger partial charge in [0, 0.05) is 55.3 Å². The summed E-state index contributed by atoms with van der Waals surface area (Å²) in [6.07, 6.45) is -1.38. The van der Waals surface area contributed by atoms with Crippen molar-refractivity contribution < 1.29 is 71.9 Å². The minimum atomic E-state index is -1.41. The number of alkyl carbamates (subject to hydrolysis) is 1. The highest BCUT2D eigenvalue weighted by atomic mass is 16.6. The number of aromatic nitrogens is 1. The summed E-state index contributed by atoms with van der Waals surface area (Å²) in [5, 5.41) is 15.1. The number of carbonyl (C=O) groups excluding carboxylic acids is 7. The van der Waals surface area contributed by atoms with Crippen LogP contribution in [-0.4, -0.2) is 159 Å². The van der Waals surface area contributed by atoms with Crippen molar-refractivity contribution in [3.63, 3.8) is 0 Å². The second kappa shape index (κ2) is 30.6. The Kier molecular flexibility index (Phi) is 24.6. The molecule has 1 unspecified atom stereocenters. The van der Waals surface area contributed by atoms with Crippen molar-refractivity contribution in [3.8, 4) is 23.0 Å². The van der Waals surface area contributed by atoms with Crippen molar-refractivity contribution >= 4 is 53.5 Å². The van der Waals surface area contributed by atoms with Gasteiger partial charge in [-0.1, -0.05) is 60.4 Å². The first-order chi connectivity index (χ1) is 40.8. The fourth-order valence-electron chi connectivity index (χ4n) is 9.32. The van der Waals surface area contributed by atoms with Gasteiger partial charge in [0.25, 0.3) is 0 Å². The third-order valence-electron chi connectivity index (χ3n) is 12.4. The summed E-state index contributed by atoms with van der Waals surface area (Å²) in [6.45, 7) is 24.8. The molecule has 4 aromatic rings. The van der Waals surface area contributed by atoms with Crippen LogP contribution >= 0.6 is 0 Å². The molecular formula is C67H88N6O15. The number of rotatable bonds is 25. The first kappa shape index (κ1) is 70.6. The molecule has 88 heavy (non-hydrogen) atoms. The van der Waals surface area contributed by atoms with E-state index in [1.807, 2.05) is 48.5 Å². The second-order valence-corrected chi connectivity index (χ2v) is 26.6. The van der Waals surface area contributed by atoms with Gasteiger partial charge in [-0.2, -0.15) is 0 Å². The molecule has 1 atom stereocenters. The largest absolute Gasteiger partial charge is 0.480 e. The SMILES string of the molecule is CC(C)(C)OC(=O)CN(CCN(CC(=O)OC(C)(C)C)Cc1cc(C#Cc2ccc(NC(=O)CCC(NC(=O)OCC3c4ccccc4-c4ccccc43)C(=O)O)cc2)cc(CN(CC(=O)OC(C)(C)C)CC(=O)OC(C)(C)C)n1)CC(=O)OC(C)(C)C. The quantitative estimate of drug-likeness (QED) is 0.0318. The van der Waals surface area contributed by atoms with Crippen LogP contribution in [-0.2, 0) is 75.1 Å². The second-order valence-electron chi connectivity index (χ2n) is 26.6. The third kappa shape index (κ3) is 26.0. The van der Waals surface area contributed by atoms with Crippen molar-refractivity contribution in [2.45, 2.75) is 170 Å². The van der Waals surface area contributed by atoms with Crippen molar-refractivity contribution in [1.29, 1.82) is 0 Å². The van der Waals surface area contributed by atoms with E-state index < -0.39 is 81.9 Å². The average Bonchev–Trinajstić information content (AvgIpc) is 2.15. The van der Waals surface area contributed by atoms with Crippen LogP contribution in [0, 0.1) is 11.8 Å². The maximum atomic E-state index is 13.6. The van der Waals surface area contributed by atoms with Gasteiger partial charge in [0.05, 0.1) is 44.1 Å². The first-order valence-corrected chi connectivity index (χ1v) is 29.4. The lowest BCUT2D eigenvalue weighted by Crippen LogP contribution is -2.44. The Hall–Kier alpha value is -8.19. The maximum Gasteiger partial charge on any atom is 0.407 e. The van der Waals surface area contributed by atoms with E-state index in [0.717, 1.165) is 22.3 Å². The minimum Gasteiger partial charge on any atom is -0.480 e. The molecule has 1 aromatic heterocycles. The number of hydrogen-bond acceptors (Lipinski definition) is 18. The highest BCUT2D eigenvalue weighted by molar-refractivity contribution is 5.91. The van der Waals surface area contributed by atoms with E-state index in [1.54, 1.807) is 155 Å². The van der Waals surface area contributed by atoms with Gasteiger partial charge in [-0.15, -0.1) is 0 Å². The lowest BCUT2D eigenvalue weighted by Gasteiger charge is -2.29. The highest BCUT2D eigenvalue weighted by Crippen LogP contribution is 2.44. The molecule has 0 aliphatic heterocycles. The number of nitrogens with one attached hydrogen (secondary N) is 2. The van der Waals surface area contributed by atoms with Crippen LogP contribution in [0.5, 0.6) is 0 Å². The number of anilines is 1. The Bertz CT molecular complexity index is 3080. The number of fused-ring (bicyclic) bond motifs is 3. The van der Waals surface area contributed by atoms with Gasteiger partial charge in [0.2, 0.25) is 5.91 Å². The number of esters is 5. The monoisotopic (exact) mass is 1220 g/mol. The zero-order chi connectivity index (χ0) is 65.4. The number of aliphatic carboxylic acids is 1. The van der Waals surface area contributed by atoms with Crippen LogP contribution < -0.4 is 10.6 Å². The normalized spacial score (nSPS) is 12.9. The van der Waals surface area contributed by atoms with Gasteiger partial charge >= 0.3 is 41.9 Å². The van der Waals surface area contributed by atoms with Gasteiger partial charge in [-0.25, -0.2) is 9.59 Å². The number of pyridine rings is 1. The predicted molar refractivity (Wildman–Crippen MR) is 330 cm³/mol. The Labute approximate surface area is 517 Å². The van der Waals surface area contributed by atoms with Crippen molar-refractivity contribution in [3.05, 3.63) is 119 Å². The summed E-state index contributed by atoms with van der Waals surface area (Å²) in [5.74, 6) is 1.40. The van der Waals surface area contributed by atoms with E-state index in [4.69, 9.17) is 33.4 Å². The van der Waals surface area contributed by atoms with Crippen LogP contribution in [0.25, 0.3) is 11.1 Å². The number of ether oxygens (including phenoxy) is 6. The molecule has 1 heterocycles. The molecule has 1 aliphatic carbocycles. The maximum absolute atomic E-state index is 13.6. The van der Waals surface area contributed by atoms with Gasteiger partial charge in [0.1, 0.15) is 40.7 Å². The van der Waals surface area contributed by atoms with Crippen LogP contribution in [0.4, 0.5) is 10.5 Å². The van der Waals surface area contributed by atoms with Crippen molar-refractivity contribution in [2.24, 2.45) is 0 Å². The van der Waals surface area contributed by atoms with Crippen LogP contribution in [0.15, 0.2) is 84.9 Å². The molecule has 0 spiro atoms. The topological polar surface area (TPSA) is 259 Å². The third-order valence-corrected chi connectivity index (χ3v) is 12.4. The zero-order valence-corrected chi connectivity index (χ0v) is 53.7. The van der Waals surface area contributed by atoms with Crippen molar-refractivity contribution in [1.82, 2.24) is 25.0 Å². The highest BCUT2D eigenvalue weighted by Gasteiger charge is 2.32. The first-order valence-electron chi connectivity index (χ1n) is 29.4. The molecule has 2 amide bonds. The van der Waals surface area contributed by atoms with E-state index in [9.17, 15) is 43.5 Å². The number of hydrogen-bond donors (Lipinski definition) is 3. The van der Waals surface area contributed by atoms with Crippen LogP contribution in [0.2, 0.25) is 0 Å². The Morgan fingerprint density at radius 2 is 0.909 bits per heavy atom. The molecule has 0 saturated carbocycles. The molecule has 5 rings (SSSR count). The molecular weight excluding hydrogens is 1130 g/mol. The smallest absolute Gasteiger partial charge is 0.407 e. The van der Waals surface area contributed by atoms with E-state index in [1.165, 1.54) is 0 Å². The molecule has 0 fully saturated rings. The van der Waals surface area contributed by atoms with E-state index in [2.05, 4.69) is 22.5 Å². The molecule has 21 heteroatoms. The summed E-state index contributed by atoms with van der Waals surface area (Å²) in [7, 11) is 0. The number of amides is 2. The fourth-order valence-corrected chi connectivity index (χ4v) is 9.32. The zero-order valence-electron chi connectivity index (χ0n) is 53.7. The number of nitrogens with zero attached hydrogens (tertiary/aromatic N) is 4. The molecule has 3 N–H and O–H groups in total. The van der Waals surface area contributed by atoms with Crippen LogP contribution in [0.1, 0.15) is 156 Å². The van der Waals surface area contributed by atoms with E-state index >= 15 is 0 Å². The molecule has 3 aromatic carbocycles. The predicted octanol–water partition coefficient (Wildman–Crippen LogP) is 8.81. The van der Waals surface area contributed by atoms with Gasteiger partial charge in [0.15, 0.2) is 0 Å². The number of carbonyl (C=O) groups is 8. The summed E-state index contributed by atoms with van der Waals surface area (Å²) in [6, 6.07) is 24.3. The van der Waals surface area contributed by atoms with Gasteiger partial charge in [-0.05, 0) is 169 Å². The van der Waals surface area contributed by atoms with Gasteiger partial charge < -0.3 is 44.2 Å². The summed E-state index contributed by atoms with van der Waals surface area (Å²) in [4.78, 5) is 115. The molecule has 21 nitrogen and oxygen atoms in total. The van der Waals surface area contributed by atoms with E-state index in [-0.39, 0.29) is 84.3 Å².